The van der Waals surface area contributed by atoms with E-state index in [1.165, 1.54) is 12.3 Å². The highest BCUT2D eigenvalue weighted by Gasteiger charge is 2.16. The number of nitrogens with one attached hydrogen (secondary N) is 2. The first-order valence-corrected chi connectivity index (χ1v) is 14.3. The zero-order valence-corrected chi connectivity index (χ0v) is 24.4. The number of rotatable bonds is 11. The summed E-state index contributed by atoms with van der Waals surface area (Å²) in [6.07, 6.45) is 6.55. The summed E-state index contributed by atoms with van der Waals surface area (Å²) < 4.78 is 17.0. The van der Waals surface area contributed by atoms with Crippen LogP contribution < -0.4 is 20.1 Å². The maximum atomic E-state index is 12.8. The highest BCUT2D eigenvalue weighted by molar-refractivity contribution is 6.32. The van der Waals surface area contributed by atoms with E-state index in [2.05, 4.69) is 31.6 Å². The van der Waals surface area contributed by atoms with Gasteiger partial charge in [0, 0.05) is 55.2 Å². The van der Waals surface area contributed by atoms with Crippen LogP contribution >= 0.6 is 11.6 Å². The van der Waals surface area contributed by atoms with Crippen molar-refractivity contribution in [2.24, 2.45) is 0 Å². The molecule has 0 unspecified atom stereocenters. The Labute approximate surface area is 254 Å². The Bertz CT molecular complexity index is 1650. The van der Waals surface area contributed by atoms with Gasteiger partial charge in [0.2, 0.25) is 5.91 Å². The van der Waals surface area contributed by atoms with E-state index in [0.717, 1.165) is 18.8 Å². The van der Waals surface area contributed by atoms with E-state index in [4.69, 9.17) is 25.8 Å². The summed E-state index contributed by atoms with van der Waals surface area (Å²) in [7, 11) is 0. The predicted molar refractivity (Wildman–Crippen MR) is 166 cm³/mol. The highest BCUT2D eigenvalue weighted by Crippen LogP contribution is 2.37. The number of carbonyl (C=O) groups is 1. The van der Waals surface area contributed by atoms with Gasteiger partial charge in [0.15, 0.2) is 0 Å². The summed E-state index contributed by atoms with van der Waals surface area (Å²) in [6, 6.07) is 16.6. The standard InChI is InChI=1S/C32H31ClN6O4/c1-2-42-30-18-27-25(17-28(30)38-31(40)7-5-11-39-12-14-41-15-13-39)32(22(19-34)20-36-27)37-23-8-9-29(26(33)16-23)43-21-24-6-3-4-10-35-24/h3-10,16-18,20H,2,11-15,21H2,1H3,(H,36,37)(H,38,40)/b7-5+. The Morgan fingerprint density at radius 3 is 2.74 bits per heavy atom. The van der Waals surface area contributed by atoms with Gasteiger partial charge in [0.25, 0.3) is 0 Å². The van der Waals surface area contributed by atoms with Crippen molar-refractivity contribution in [3.05, 3.63) is 89.4 Å². The van der Waals surface area contributed by atoms with Crippen LogP contribution in [0, 0.1) is 11.3 Å². The van der Waals surface area contributed by atoms with E-state index >= 15 is 0 Å². The number of hydrogen-bond acceptors (Lipinski definition) is 9. The van der Waals surface area contributed by atoms with Crippen LogP contribution in [0.3, 0.4) is 0 Å². The number of hydrogen-bond donors (Lipinski definition) is 2. The lowest BCUT2D eigenvalue weighted by molar-refractivity contribution is -0.111. The summed E-state index contributed by atoms with van der Waals surface area (Å²) in [5, 5.41) is 17.2. The lowest BCUT2D eigenvalue weighted by Crippen LogP contribution is -2.36. The molecule has 0 atom stereocenters. The molecule has 1 saturated heterocycles. The van der Waals surface area contributed by atoms with Crippen molar-refractivity contribution in [2.75, 3.05) is 50.1 Å². The third-order valence-corrected chi connectivity index (χ3v) is 6.98. The minimum Gasteiger partial charge on any atom is -0.492 e. The van der Waals surface area contributed by atoms with Gasteiger partial charge in [-0.25, -0.2) is 0 Å². The molecule has 0 aliphatic carbocycles. The van der Waals surface area contributed by atoms with Gasteiger partial charge in [0.05, 0.1) is 53.0 Å². The molecule has 10 nitrogen and oxygen atoms in total. The number of nitriles is 1. The zero-order valence-electron chi connectivity index (χ0n) is 23.7. The average Bonchev–Trinajstić information content (AvgIpc) is 3.02. The number of morpholine rings is 1. The van der Waals surface area contributed by atoms with E-state index < -0.39 is 0 Å². The van der Waals surface area contributed by atoms with Crippen LogP contribution in [0.2, 0.25) is 5.02 Å². The third-order valence-electron chi connectivity index (χ3n) is 6.69. The number of amides is 1. The molecular formula is C32H31ClN6O4. The number of ether oxygens (including phenoxy) is 3. The van der Waals surface area contributed by atoms with Crippen LogP contribution in [0.15, 0.2) is 73.1 Å². The van der Waals surface area contributed by atoms with Crippen molar-refractivity contribution >= 4 is 45.5 Å². The predicted octanol–water partition coefficient (Wildman–Crippen LogP) is 5.70. The van der Waals surface area contributed by atoms with Gasteiger partial charge in [-0.05, 0) is 43.3 Å². The summed E-state index contributed by atoms with van der Waals surface area (Å²) >= 11 is 6.54. The monoisotopic (exact) mass is 598 g/mol. The molecule has 2 aromatic carbocycles. The first-order chi connectivity index (χ1) is 21.0. The van der Waals surface area contributed by atoms with Gasteiger partial charge in [0.1, 0.15) is 24.2 Å². The van der Waals surface area contributed by atoms with E-state index in [0.29, 0.717) is 76.4 Å². The van der Waals surface area contributed by atoms with Crippen LogP contribution in [0.1, 0.15) is 18.2 Å². The smallest absolute Gasteiger partial charge is 0.248 e. The fourth-order valence-electron chi connectivity index (χ4n) is 4.55. The number of anilines is 3. The molecule has 1 fully saturated rings. The molecule has 43 heavy (non-hydrogen) atoms. The first-order valence-electron chi connectivity index (χ1n) is 13.9. The lowest BCUT2D eigenvalue weighted by atomic mass is 10.1. The summed E-state index contributed by atoms with van der Waals surface area (Å²) in [5.74, 6) is 0.692. The average molecular weight is 599 g/mol. The van der Waals surface area contributed by atoms with Crippen LogP contribution in [0.25, 0.3) is 10.9 Å². The molecular weight excluding hydrogens is 568 g/mol. The molecule has 220 valence electrons. The van der Waals surface area contributed by atoms with Gasteiger partial charge in [-0.1, -0.05) is 23.7 Å². The highest BCUT2D eigenvalue weighted by atomic mass is 35.5. The number of benzene rings is 2. The fourth-order valence-corrected chi connectivity index (χ4v) is 4.79. The number of pyridine rings is 2. The number of carbonyl (C=O) groups excluding carboxylic acids is 1. The molecule has 3 heterocycles. The molecule has 5 rings (SSSR count). The topological polar surface area (TPSA) is 122 Å². The van der Waals surface area contributed by atoms with Gasteiger partial charge >= 0.3 is 0 Å². The second-order valence-electron chi connectivity index (χ2n) is 9.64. The lowest BCUT2D eigenvalue weighted by Gasteiger charge is -2.25. The van der Waals surface area contributed by atoms with Crippen molar-refractivity contribution < 1.29 is 19.0 Å². The number of halogens is 1. The van der Waals surface area contributed by atoms with E-state index in [-0.39, 0.29) is 12.5 Å². The van der Waals surface area contributed by atoms with E-state index in [9.17, 15) is 10.1 Å². The molecule has 1 aliphatic heterocycles. The Balaban J connectivity index is 1.38. The number of aromatic nitrogens is 2. The van der Waals surface area contributed by atoms with Crippen LogP contribution in [-0.4, -0.2) is 60.2 Å². The number of fused-ring (bicyclic) bond motifs is 1. The quantitative estimate of drug-likeness (QED) is 0.209. The van der Waals surface area contributed by atoms with Crippen molar-refractivity contribution in [1.29, 1.82) is 5.26 Å². The van der Waals surface area contributed by atoms with Crippen LogP contribution in [0.5, 0.6) is 11.5 Å². The molecule has 1 amide bonds. The Kier molecular flexibility index (Phi) is 10.0. The Morgan fingerprint density at radius 2 is 2.00 bits per heavy atom. The van der Waals surface area contributed by atoms with Crippen LogP contribution in [0.4, 0.5) is 17.1 Å². The molecule has 0 bridgehead atoms. The third kappa shape index (κ3) is 7.78. The van der Waals surface area contributed by atoms with Crippen molar-refractivity contribution in [3.63, 3.8) is 0 Å². The molecule has 11 heteroatoms. The van der Waals surface area contributed by atoms with Gasteiger partial charge in [-0.2, -0.15) is 5.26 Å². The first kappa shape index (κ1) is 29.8. The second-order valence-corrected chi connectivity index (χ2v) is 10.0. The molecule has 2 N–H and O–H groups in total. The van der Waals surface area contributed by atoms with Crippen molar-refractivity contribution in [1.82, 2.24) is 14.9 Å². The molecule has 2 aromatic heterocycles. The summed E-state index contributed by atoms with van der Waals surface area (Å²) in [4.78, 5) is 23.8. The van der Waals surface area contributed by atoms with Gasteiger partial charge < -0.3 is 24.8 Å². The van der Waals surface area contributed by atoms with Crippen LogP contribution in [-0.2, 0) is 16.1 Å². The van der Waals surface area contributed by atoms with E-state index in [1.54, 1.807) is 30.5 Å². The minimum atomic E-state index is -0.291. The van der Waals surface area contributed by atoms with E-state index in [1.807, 2.05) is 37.3 Å². The van der Waals surface area contributed by atoms with Crippen molar-refractivity contribution in [3.8, 4) is 17.6 Å². The number of nitrogens with zero attached hydrogens (tertiary/aromatic N) is 4. The Hall–Kier alpha value is -4.69. The molecule has 0 radical (unpaired) electrons. The molecule has 1 aliphatic rings. The maximum absolute atomic E-state index is 12.8. The largest absolute Gasteiger partial charge is 0.492 e. The molecule has 0 saturated carbocycles. The Morgan fingerprint density at radius 1 is 1.14 bits per heavy atom. The summed E-state index contributed by atoms with van der Waals surface area (Å²) in [6.45, 7) is 6.26. The SMILES string of the molecule is CCOc1cc2ncc(C#N)c(Nc3ccc(OCc4ccccn4)c(Cl)c3)c2cc1NC(=O)/C=C/CN1CCOCC1. The van der Waals surface area contributed by atoms with Crippen molar-refractivity contribution in [2.45, 2.75) is 13.5 Å². The minimum absolute atomic E-state index is 0.278. The fraction of sp³-hybridized carbons (Fsp3) is 0.250. The summed E-state index contributed by atoms with van der Waals surface area (Å²) in [5.41, 5.74) is 3.33. The second kappa shape index (κ2) is 14.5. The zero-order chi connectivity index (χ0) is 30.0. The van der Waals surface area contributed by atoms with Gasteiger partial charge in [-0.3, -0.25) is 19.7 Å². The van der Waals surface area contributed by atoms with Gasteiger partial charge in [-0.15, -0.1) is 0 Å². The normalized spacial score (nSPS) is 13.5. The maximum Gasteiger partial charge on any atom is 0.248 e. The molecule has 4 aromatic rings. The molecule has 0 spiro atoms.